The van der Waals surface area contributed by atoms with Crippen molar-refractivity contribution in [1.29, 1.82) is 0 Å². The Bertz CT molecular complexity index is 340. The van der Waals surface area contributed by atoms with Crippen LogP contribution in [0.2, 0.25) is 0 Å². The first-order chi connectivity index (χ1) is 7.22. The first-order valence-electron chi connectivity index (χ1n) is 5.56. The third-order valence-corrected chi connectivity index (χ3v) is 2.66. The highest BCUT2D eigenvalue weighted by molar-refractivity contribution is 5.48. The van der Waals surface area contributed by atoms with Gasteiger partial charge in [-0.05, 0) is 24.8 Å². The van der Waals surface area contributed by atoms with E-state index < -0.39 is 0 Å². The zero-order valence-electron chi connectivity index (χ0n) is 9.62. The summed E-state index contributed by atoms with van der Waals surface area (Å²) in [6.07, 6.45) is 2.77. The minimum Gasteiger partial charge on any atom is -0.493 e. The molecule has 0 aromatic heterocycles. The highest BCUT2D eigenvalue weighted by Crippen LogP contribution is 2.39. The summed E-state index contributed by atoms with van der Waals surface area (Å²) in [6, 6.07) is 6.10. The minimum atomic E-state index is 0.416. The van der Waals surface area contributed by atoms with Crippen LogP contribution >= 0.6 is 0 Å². The van der Waals surface area contributed by atoms with E-state index in [1.807, 2.05) is 12.1 Å². The Labute approximate surface area is 91.2 Å². The van der Waals surface area contributed by atoms with E-state index in [0.717, 1.165) is 11.5 Å². The molecule has 1 fully saturated rings. The monoisotopic (exact) mass is 206 g/mol. The molecule has 0 amide bonds. The van der Waals surface area contributed by atoms with Gasteiger partial charge < -0.3 is 9.47 Å². The second-order valence-electron chi connectivity index (χ2n) is 4.35. The summed E-state index contributed by atoms with van der Waals surface area (Å²) in [6.45, 7) is 4.35. The smallest absolute Gasteiger partial charge is 0.165 e. The maximum atomic E-state index is 5.91. The van der Waals surface area contributed by atoms with Gasteiger partial charge in [0, 0.05) is 5.56 Å². The van der Waals surface area contributed by atoms with Gasteiger partial charge in [-0.15, -0.1) is 0 Å². The third-order valence-electron chi connectivity index (χ3n) is 2.66. The fraction of sp³-hybridized carbons (Fsp3) is 0.538. The Hall–Kier alpha value is -1.18. The number of benzene rings is 1. The second kappa shape index (κ2) is 4.13. The SMILES string of the molecule is COc1cccc(C(C)C)c1OC1CC1. The van der Waals surface area contributed by atoms with Crippen LogP contribution in [0.5, 0.6) is 11.5 Å². The normalized spacial score (nSPS) is 15.5. The lowest BCUT2D eigenvalue weighted by Gasteiger charge is -2.16. The van der Waals surface area contributed by atoms with Crippen LogP contribution in [0, 0.1) is 0 Å². The summed E-state index contributed by atoms with van der Waals surface area (Å²) in [5.74, 6) is 2.26. The summed E-state index contributed by atoms with van der Waals surface area (Å²) in [7, 11) is 1.69. The topological polar surface area (TPSA) is 18.5 Å². The lowest BCUT2D eigenvalue weighted by Crippen LogP contribution is -2.03. The van der Waals surface area contributed by atoms with Gasteiger partial charge in [-0.1, -0.05) is 26.0 Å². The first kappa shape index (κ1) is 10.3. The molecule has 0 N–H and O–H groups in total. The van der Waals surface area contributed by atoms with Crippen LogP contribution in [0.4, 0.5) is 0 Å². The van der Waals surface area contributed by atoms with Crippen molar-refractivity contribution in [3.05, 3.63) is 23.8 Å². The fourth-order valence-electron chi connectivity index (χ4n) is 1.63. The van der Waals surface area contributed by atoms with E-state index in [4.69, 9.17) is 9.47 Å². The van der Waals surface area contributed by atoms with Crippen LogP contribution in [0.15, 0.2) is 18.2 Å². The molecular formula is C13H18O2. The number of hydrogen-bond donors (Lipinski definition) is 0. The van der Waals surface area contributed by atoms with Crippen LogP contribution in [-0.4, -0.2) is 13.2 Å². The van der Waals surface area contributed by atoms with Crippen LogP contribution in [-0.2, 0) is 0 Å². The average Bonchev–Trinajstić information content (AvgIpc) is 3.01. The van der Waals surface area contributed by atoms with Crippen molar-refractivity contribution in [1.82, 2.24) is 0 Å². The van der Waals surface area contributed by atoms with Crippen LogP contribution in [0.25, 0.3) is 0 Å². The van der Waals surface area contributed by atoms with Gasteiger partial charge in [-0.2, -0.15) is 0 Å². The Morgan fingerprint density at radius 3 is 2.53 bits per heavy atom. The number of ether oxygens (including phenoxy) is 2. The lowest BCUT2D eigenvalue weighted by molar-refractivity contribution is 0.278. The van der Waals surface area contributed by atoms with E-state index >= 15 is 0 Å². The zero-order valence-corrected chi connectivity index (χ0v) is 9.62. The highest BCUT2D eigenvalue weighted by Gasteiger charge is 2.26. The summed E-state index contributed by atoms with van der Waals surface area (Å²) < 4.78 is 11.3. The summed E-state index contributed by atoms with van der Waals surface area (Å²) in [5.41, 5.74) is 1.24. The van der Waals surface area contributed by atoms with E-state index in [-0.39, 0.29) is 0 Å². The molecule has 0 heterocycles. The Morgan fingerprint density at radius 1 is 1.27 bits per heavy atom. The zero-order chi connectivity index (χ0) is 10.8. The largest absolute Gasteiger partial charge is 0.493 e. The molecule has 0 bridgehead atoms. The van der Waals surface area contributed by atoms with Crippen LogP contribution in [0.3, 0.4) is 0 Å². The van der Waals surface area contributed by atoms with Crippen molar-refractivity contribution in [3.8, 4) is 11.5 Å². The van der Waals surface area contributed by atoms with Gasteiger partial charge in [0.25, 0.3) is 0 Å². The molecule has 0 aliphatic heterocycles. The molecule has 1 aromatic rings. The molecule has 0 spiro atoms. The lowest BCUT2D eigenvalue weighted by atomic mass is 10.0. The van der Waals surface area contributed by atoms with Crippen LogP contribution < -0.4 is 9.47 Å². The van der Waals surface area contributed by atoms with E-state index in [2.05, 4.69) is 19.9 Å². The number of methoxy groups -OCH3 is 1. The number of para-hydroxylation sites is 1. The molecule has 0 atom stereocenters. The van der Waals surface area contributed by atoms with Crippen molar-refractivity contribution in [3.63, 3.8) is 0 Å². The maximum Gasteiger partial charge on any atom is 0.165 e. The molecule has 1 aromatic carbocycles. The summed E-state index contributed by atoms with van der Waals surface area (Å²) in [5, 5.41) is 0. The molecule has 2 rings (SSSR count). The fourth-order valence-corrected chi connectivity index (χ4v) is 1.63. The Morgan fingerprint density at radius 2 is 2.00 bits per heavy atom. The molecule has 0 radical (unpaired) electrons. The number of hydrogen-bond acceptors (Lipinski definition) is 2. The molecule has 0 unspecified atom stereocenters. The van der Waals surface area contributed by atoms with Crippen molar-refractivity contribution < 1.29 is 9.47 Å². The van der Waals surface area contributed by atoms with Gasteiger partial charge in [0.05, 0.1) is 13.2 Å². The van der Waals surface area contributed by atoms with Crippen molar-refractivity contribution in [2.75, 3.05) is 7.11 Å². The summed E-state index contributed by atoms with van der Waals surface area (Å²) >= 11 is 0. The summed E-state index contributed by atoms with van der Waals surface area (Å²) in [4.78, 5) is 0. The predicted octanol–water partition coefficient (Wildman–Crippen LogP) is 3.36. The molecule has 82 valence electrons. The first-order valence-corrected chi connectivity index (χ1v) is 5.56. The molecule has 0 saturated heterocycles. The molecule has 2 nitrogen and oxygen atoms in total. The Kier molecular flexibility index (Phi) is 2.85. The van der Waals surface area contributed by atoms with E-state index in [9.17, 15) is 0 Å². The van der Waals surface area contributed by atoms with E-state index in [0.29, 0.717) is 12.0 Å². The molecule has 1 aliphatic carbocycles. The molecular weight excluding hydrogens is 188 g/mol. The number of rotatable bonds is 4. The van der Waals surface area contributed by atoms with Gasteiger partial charge in [0.15, 0.2) is 11.5 Å². The third kappa shape index (κ3) is 2.25. The molecule has 2 heteroatoms. The molecule has 1 saturated carbocycles. The highest BCUT2D eigenvalue weighted by atomic mass is 16.5. The standard InChI is InChI=1S/C13H18O2/c1-9(2)11-5-4-6-12(14-3)13(11)15-10-7-8-10/h4-6,9-10H,7-8H2,1-3H3. The van der Waals surface area contributed by atoms with Crippen LogP contribution in [0.1, 0.15) is 38.2 Å². The second-order valence-corrected chi connectivity index (χ2v) is 4.35. The van der Waals surface area contributed by atoms with Crippen molar-refractivity contribution in [2.45, 2.75) is 38.7 Å². The van der Waals surface area contributed by atoms with Gasteiger partial charge in [0.1, 0.15) is 0 Å². The van der Waals surface area contributed by atoms with Gasteiger partial charge in [-0.25, -0.2) is 0 Å². The average molecular weight is 206 g/mol. The van der Waals surface area contributed by atoms with Gasteiger partial charge >= 0.3 is 0 Å². The van der Waals surface area contributed by atoms with Gasteiger partial charge in [0.2, 0.25) is 0 Å². The van der Waals surface area contributed by atoms with E-state index in [1.54, 1.807) is 7.11 Å². The van der Waals surface area contributed by atoms with Crippen molar-refractivity contribution >= 4 is 0 Å². The maximum absolute atomic E-state index is 5.91. The molecule has 1 aliphatic rings. The Balaban J connectivity index is 2.34. The predicted molar refractivity (Wildman–Crippen MR) is 60.7 cm³/mol. The molecule has 15 heavy (non-hydrogen) atoms. The van der Waals surface area contributed by atoms with Crippen molar-refractivity contribution in [2.24, 2.45) is 0 Å². The van der Waals surface area contributed by atoms with E-state index in [1.165, 1.54) is 18.4 Å². The minimum absolute atomic E-state index is 0.416. The van der Waals surface area contributed by atoms with Gasteiger partial charge in [-0.3, -0.25) is 0 Å². The quantitative estimate of drug-likeness (QED) is 0.752.